The van der Waals surface area contributed by atoms with E-state index in [-0.39, 0.29) is 28.6 Å². The third kappa shape index (κ3) is 6.80. The van der Waals surface area contributed by atoms with Crippen LogP contribution in [0.1, 0.15) is 24.3 Å². The first-order chi connectivity index (χ1) is 14.3. The molecule has 1 heterocycles. The predicted molar refractivity (Wildman–Crippen MR) is 105 cm³/mol. The van der Waals surface area contributed by atoms with Crippen LogP contribution in [-0.4, -0.2) is 28.2 Å². The second-order valence-corrected chi connectivity index (χ2v) is 7.31. The van der Waals surface area contributed by atoms with Gasteiger partial charge in [-0.05, 0) is 35.7 Å². The predicted octanol–water partition coefficient (Wildman–Crippen LogP) is 5.05. The van der Waals surface area contributed by atoms with Gasteiger partial charge in [-0.1, -0.05) is 49.0 Å². The third-order valence-electron chi connectivity index (χ3n) is 4.00. The number of amides is 1. The maximum Gasteiger partial charge on any atom is 0.573 e. The first-order valence-corrected chi connectivity index (χ1v) is 9.93. The van der Waals surface area contributed by atoms with Crippen LogP contribution in [0.4, 0.5) is 18.9 Å². The lowest BCUT2D eigenvalue weighted by molar-refractivity contribution is -0.274. The molecule has 0 radical (unpaired) electrons. The SMILES string of the molecule is CC(Cc1nnc(SCC(=O)Nc2ccc(OC(F)(F)F)cc2)o1)c1ccccc1. The molecule has 3 rings (SSSR count). The number of alkyl halides is 3. The fraction of sp³-hybridized carbons (Fsp3) is 0.250. The van der Waals surface area contributed by atoms with Gasteiger partial charge in [-0.2, -0.15) is 0 Å². The van der Waals surface area contributed by atoms with Crippen molar-refractivity contribution in [2.24, 2.45) is 0 Å². The van der Waals surface area contributed by atoms with Crippen LogP contribution in [0.15, 0.2) is 64.2 Å². The average molecular weight is 437 g/mol. The minimum Gasteiger partial charge on any atom is -0.416 e. The number of carbonyl (C=O) groups is 1. The Kier molecular flexibility index (Phi) is 6.99. The molecule has 1 N–H and O–H groups in total. The van der Waals surface area contributed by atoms with Crippen LogP contribution in [0, 0.1) is 0 Å². The lowest BCUT2D eigenvalue weighted by atomic mass is 9.98. The van der Waals surface area contributed by atoms with E-state index in [9.17, 15) is 18.0 Å². The van der Waals surface area contributed by atoms with Crippen LogP contribution in [0.2, 0.25) is 0 Å². The summed E-state index contributed by atoms with van der Waals surface area (Å²) in [6, 6.07) is 14.8. The summed E-state index contributed by atoms with van der Waals surface area (Å²) in [6.45, 7) is 2.06. The molecule has 30 heavy (non-hydrogen) atoms. The van der Waals surface area contributed by atoms with E-state index in [1.807, 2.05) is 30.3 Å². The van der Waals surface area contributed by atoms with Gasteiger partial charge >= 0.3 is 6.36 Å². The fourth-order valence-electron chi connectivity index (χ4n) is 2.60. The van der Waals surface area contributed by atoms with Crippen molar-refractivity contribution in [1.82, 2.24) is 10.2 Å². The summed E-state index contributed by atoms with van der Waals surface area (Å²) in [6.07, 6.45) is -4.18. The normalized spacial score (nSPS) is 12.4. The second-order valence-electron chi connectivity index (χ2n) is 6.39. The molecule has 1 amide bonds. The van der Waals surface area contributed by atoms with E-state index >= 15 is 0 Å². The van der Waals surface area contributed by atoms with Crippen molar-refractivity contribution in [3.05, 3.63) is 66.1 Å². The number of thioether (sulfide) groups is 1. The molecule has 1 aromatic heterocycles. The quantitative estimate of drug-likeness (QED) is 0.497. The molecule has 1 atom stereocenters. The van der Waals surface area contributed by atoms with Crippen molar-refractivity contribution >= 4 is 23.4 Å². The highest BCUT2D eigenvalue weighted by Gasteiger charge is 2.30. The van der Waals surface area contributed by atoms with Crippen molar-refractivity contribution in [2.45, 2.75) is 30.8 Å². The van der Waals surface area contributed by atoms with Gasteiger partial charge in [0.25, 0.3) is 5.22 Å². The summed E-state index contributed by atoms with van der Waals surface area (Å²) in [5, 5.41) is 10.8. The topological polar surface area (TPSA) is 77.2 Å². The molecule has 0 aliphatic rings. The number of benzene rings is 2. The van der Waals surface area contributed by atoms with Crippen LogP contribution in [0.25, 0.3) is 0 Å². The van der Waals surface area contributed by atoms with Gasteiger partial charge in [0, 0.05) is 12.1 Å². The van der Waals surface area contributed by atoms with Crippen molar-refractivity contribution < 1.29 is 27.1 Å². The van der Waals surface area contributed by atoms with Crippen LogP contribution in [0.3, 0.4) is 0 Å². The zero-order valence-corrected chi connectivity index (χ0v) is 16.7. The number of ether oxygens (including phenoxy) is 1. The summed E-state index contributed by atoms with van der Waals surface area (Å²) in [7, 11) is 0. The lowest BCUT2D eigenvalue weighted by Gasteiger charge is -2.09. The standard InChI is InChI=1S/C20H18F3N3O3S/c1-13(14-5-3-2-4-6-14)11-18-25-26-19(28-18)30-12-17(27)24-15-7-9-16(10-8-15)29-20(21,22)23/h2-10,13H,11-12H2,1H3,(H,24,27). The minimum absolute atomic E-state index is 0.0106. The number of aromatic nitrogens is 2. The molecule has 158 valence electrons. The van der Waals surface area contributed by atoms with Crippen LogP contribution in [0.5, 0.6) is 5.75 Å². The summed E-state index contributed by atoms with van der Waals surface area (Å²) in [5.74, 6) is -0.0251. The summed E-state index contributed by atoms with van der Waals surface area (Å²) in [4.78, 5) is 12.0. The van der Waals surface area contributed by atoms with Crippen molar-refractivity contribution in [1.29, 1.82) is 0 Å². The van der Waals surface area contributed by atoms with E-state index in [4.69, 9.17) is 4.42 Å². The zero-order chi connectivity index (χ0) is 21.6. The summed E-state index contributed by atoms with van der Waals surface area (Å²) < 4.78 is 45.8. The Labute approximate surface area is 174 Å². The Bertz CT molecular complexity index is 963. The summed E-state index contributed by atoms with van der Waals surface area (Å²) in [5.41, 5.74) is 1.51. The average Bonchev–Trinajstić information content (AvgIpc) is 3.15. The van der Waals surface area contributed by atoms with Gasteiger partial charge in [-0.15, -0.1) is 23.4 Å². The first-order valence-electron chi connectivity index (χ1n) is 8.94. The van der Waals surface area contributed by atoms with Crippen LogP contribution >= 0.6 is 11.8 Å². The monoisotopic (exact) mass is 437 g/mol. The Morgan fingerprint density at radius 1 is 1.13 bits per heavy atom. The van der Waals surface area contributed by atoms with Crippen molar-refractivity contribution in [3.8, 4) is 5.75 Å². The van der Waals surface area contributed by atoms with Crippen molar-refractivity contribution in [3.63, 3.8) is 0 Å². The minimum atomic E-state index is -4.76. The molecule has 10 heteroatoms. The highest BCUT2D eigenvalue weighted by Crippen LogP contribution is 2.25. The van der Waals surface area contributed by atoms with Gasteiger partial charge in [-0.3, -0.25) is 4.79 Å². The maximum absolute atomic E-state index is 12.2. The Morgan fingerprint density at radius 3 is 2.50 bits per heavy atom. The molecule has 0 saturated carbocycles. The molecule has 3 aromatic rings. The van der Waals surface area contributed by atoms with Gasteiger partial charge in [0.1, 0.15) is 5.75 Å². The Balaban J connectivity index is 1.46. The number of anilines is 1. The molecule has 6 nitrogen and oxygen atoms in total. The van der Waals surface area contributed by atoms with E-state index in [0.717, 1.165) is 29.5 Å². The number of nitrogens with one attached hydrogen (secondary N) is 1. The number of hydrogen-bond acceptors (Lipinski definition) is 6. The molecule has 1 unspecified atom stereocenters. The largest absolute Gasteiger partial charge is 0.573 e. The third-order valence-corrected chi connectivity index (χ3v) is 4.81. The highest BCUT2D eigenvalue weighted by atomic mass is 32.2. The number of hydrogen-bond donors (Lipinski definition) is 1. The van der Waals surface area contributed by atoms with E-state index in [2.05, 4.69) is 27.2 Å². The molecule has 0 aliphatic carbocycles. The van der Waals surface area contributed by atoms with Gasteiger partial charge in [0.2, 0.25) is 11.8 Å². The Hall–Kier alpha value is -3.01. The number of halogens is 3. The van der Waals surface area contributed by atoms with E-state index < -0.39 is 6.36 Å². The van der Waals surface area contributed by atoms with E-state index in [1.165, 1.54) is 12.1 Å². The molecular weight excluding hydrogens is 419 g/mol. The van der Waals surface area contributed by atoms with Gasteiger partial charge in [-0.25, -0.2) is 0 Å². The number of nitrogens with zero attached hydrogens (tertiary/aromatic N) is 2. The second kappa shape index (κ2) is 9.66. The number of rotatable bonds is 8. The van der Waals surface area contributed by atoms with Gasteiger partial charge in [0.15, 0.2) is 0 Å². The van der Waals surface area contributed by atoms with Gasteiger partial charge in [0.05, 0.1) is 5.75 Å². The van der Waals surface area contributed by atoms with E-state index in [1.54, 1.807) is 0 Å². The molecule has 0 spiro atoms. The molecule has 0 saturated heterocycles. The highest BCUT2D eigenvalue weighted by molar-refractivity contribution is 7.99. The van der Waals surface area contributed by atoms with Crippen molar-refractivity contribution in [2.75, 3.05) is 11.1 Å². The van der Waals surface area contributed by atoms with Gasteiger partial charge < -0.3 is 14.5 Å². The molecule has 0 aliphatic heterocycles. The maximum atomic E-state index is 12.2. The molecule has 2 aromatic carbocycles. The Morgan fingerprint density at radius 2 is 1.83 bits per heavy atom. The number of carbonyl (C=O) groups excluding carboxylic acids is 1. The smallest absolute Gasteiger partial charge is 0.416 e. The molecule has 0 fully saturated rings. The fourth-order valence-corrected chi connectivity index (χ4v) is 3.19. The molecular formula is C20H18F3N3O3S. The van der Waals surface area contributed by atoms with Crippen LogP contribution in [-0.2, 0) is 11.2 Å². The first kappa shape index (κ1) is 21.7. The lowest BCUT2D eigenvalue weighted by Crippen LogP contribution is -2.17. The molecule has 0 bridgehead atoms. The van der Waals surface area contributed by atoms with Crippen LogP contribution < -0.4 is 10.1 Å². The van der Waals surface area contributed by atoms with E-state index in [0.29, 0.717) is 18.0 Å². The zero-order valence-electron chi connectivity index (χ0n) is 15.8. The summed E-state index contributed by atoms with van der Waals surface area (Å²) >= 11 is 1.08.